The Bertz CT molecular complexity index is 1080. The highest BCUT2D eigenvalue weighted by atomic mass is 19.4. The quantitative estimate of drug-likeness (QED) is 0.635. The van der Waals surface area contributed by atoms with Crippen molar-refractivity contribution in [2.45, 2.75) is 38.2 Å². The van der Waals surface area contributed by atoms with Crippen molar-refractivity contribution in [1.29, 1.82) is 0 Å². The molecule has 1 saturated heterocycles. The van der Waals surface area contributed by atoms with Gasteiger partial charge in [0.05, 0.1) is 12.1 Å². The number of hydrogen-bond donors (Lipinski definition) is 0. The van der Waals surface area contributed by atoms with Crippen LogP contribution in [0.5, 0.6) is 5.75 Å². The molecule has 2 aromatic heterocycles. The number of fused-ring (bicyclic) bond motifs is 1. The van der Waals surface area contributed by atoms with Crippen molar-refractivity contribution in [2.24, 2.45) is 7.05 Å². The molecular weight excluding hydrogens is 397 g/mol. The highest BCUT2D eigenvalue weighted by Crippen LogP contribution is 2.31. The van der Waals surface area contributed by atoms with Crippen LogP contribution in [0.1, 0.15) is 18.7 Å². The smallest absolute Gasteiger partial charge is 0.406 e. The summed E-state index contributed by atoms with van der Waals surface area (Å²) in [6, 6.07) is 8.31. The minimum absolute atomic E-state index is 0.00892. The van der Waals surface area contributed by atoms with Crippen LogP contribution in [0.3, 0.4) is 0 Å². The lowest BCUT2D eigenvalue weighted by atomic mass is 10.1. The summed E-state index contributed by atoms with van der Waals surface area (Å²) in [6.07, 6.45) is 0.280. The minimum Gasteiger partial charge on any atom is -0.490 e. The van der Waals surface area contributed by atoms with Crippen molar-refractivity contribution < 1.29 is 17.9 Å². The van der Waals surface area contributed by atoms with E-state index in [1.54, 1.807) is 35.9 Å². The second-order valence-corrected chi connectivity index (χ2v) is 7.60. The maximum Gasteiger partial charge on any atom is 0.406 e. The molecule has 1 aliphatic heterocycles. The molecule has 4 rings (SSSR count). The fraction of sp³-hybridized carbons (Fsp3) is 0.429. The lowest BCUT2D eigenvalue weighted by Crippen LogP contribution is -2.39. The number of piperidine rings is 1. The Morgan fingerprint density at radius 2 is 1.93 bits per heavy atom. The van der Waals surface area contributed by atoms with Gasteiger partial charge in [0.15, 0.2) is 0 Å². The average molecular weight is 420 g/mol. The second kappa shape index (κ2) is 8.14. The predicted molar refractivity (Wildman–Crippen MR) is 106 cm³/mol. The topological polar surface area (TPSA) is 52.3 Å². The molecule has 0 N–H and O–H groups in total. The number of hydrogen-bond acceptors (Lipinski definition) is 4. The lowest BCUT2D eigenvalue weighted by molar-refractivity contribution is -0.139. The molecule has 3 aromatic rings. The zero-order valence-corrected chi connectivity index (χ0v) is 16.6. The molecule has 0 radical (unpaired) electrons. The third-order valence-electron chi connectivity index (χ3n) is 5.47. The van der Waals surface area contributed by atoms with Gasteiger partial charge in [-0.1, -0.05) is 6.07 Å². The molecule has 0 aliphatic carbocycles. The van der Waals surface area contributed by atoms with Crippen LogP contribution >= 0.6 is 0 Å². The van der Waals surface area contributed by atoms with Gasteiger partial charge in [0.1, 0.15) is 24.2 Å². The molecule has 3 heterocycles. The van der Waals surface area contributed by atoms with Gasteiger partial charge in [-0.25, -0.2) is 4.98 Å². The van der Waals surface area contributed by atoms with Gasteiger partial charge in [-0.2, -0.15) is 13.2 Å². The van der Waals surface area contributed by atoms with Gasteiger partial charge in [0.25, 0.3) is 5.56 Å². The van der Waals surface area contributed by atoms with Crippen LogP contribution < -0.4 is 10.3 Å². The first kappa shape index (κ1) is 20.5. The van der Waals surface area contributed by atoms with Gasteiger partial charge in [0, 0.05) is 44.0 Å². The van der Waals surface area contributed by atoms with Crippen molar-refractivity contribution in [3.63, 3.8) is 0 Å². The van der Waals surface area contributed by atoms with Crippen LogP contribution in [0.4, 0.5) is 13.2 Å². The number of halogens is 3. The Morgan fingerprint density at radius 3 is 2.67 bits per heavy atom. The number of aromatic nitrogens is 3. The Kier molecular flexibility index (Phi) is 5.55. The van der Waals surface area contributed by atoms with Crippen LogP contribution in [-0.2, 0) is 20.1 Å². The van der Waals surface area contributed by atoms with Crippen LogP contribution in [0.25, 0.3) is 10.9 Å². The summed E-state index contributed by atoms with van der Waals surface area (Å²) < 4.78 is 47.2. The van der Waals surface area contributed by atoms with Crippen LogP contribution in [0.15, 0.2) is 47.5 Å². The Labute approximate surface area is 171 Å². The Balaban J connectivity index is 1.40. The molecule has 9 heteroatoms. The number of nitrogens with zero attached hydrogens (tertiary/aromatic N) is 4. The molecular formula is C21H23F3N4O2. The van der Waals surface area contributed by atoms with Gasteiger partial charge in [0.2, 0.25) is 0 Å². The van der Waals surface area contributed by atoms with E-state index in [-0.39, 0.29) is 11.7 Å². The molecule has 160 valence electrons. The number of benzene rings is 1. The average Bonchev–Trinajstić information content (AvgIpc) is 3.09. The fourth-order valence-corrected chi connectivity index (χ4v) is 3.85. The third kappa shape index (κ3) is 4.51. The van der Waals surface area contributed by atoms with E-state index in [2.05, 4.69) is 9.88 Å². The molecule has 0 spiro atoms. The minimum atomic E-state index is -4.27. The summed E-state index contributed by atoms with van der Waals surface area (Å²) in [5.41, 5.74) is 0.433. The van der Waals surface area contributed by atoms with E-state index in [0.29, 0.717) is 23.2 Å². The summed E-state index contributed by atoms with van der Waals surface area (Å²) in [5, 5.41) is 0.688. The maximum absolute atomic E-state index is 12.8. The van der Waals surface area contributed by atoms with Crippen molar-refractivity contribution in [3.8, 4) is 5.75 Å². The molecule has 6 nitrogen and oxygen atoms in total. The Hall–Kier alpha value is -2.81. The van der Waals surface area contributed by atoms with E-state index in [1.165, 1.54) is 23.0 Å². The molecule has 30 heavy (non-hydrogen) atoms. The van der Waals surface area contributed by atoms with Crippen molar-refractivity contribution in [1.82, 2.24) is 19.0 Å². The van der Waals surface area contributed by atoms with Crippen LogP contribution in [0.2, 0.25) is 0 Å². The molecule has 0 atom stereocenters. The number of likely N-dealkylation sites (tertiary alicyclic amines) is 1. The monoisotopic (exact) mass is 420 g/mol. The second-order valence-electron chi connectivity index (χ2n) is 7.60. The van der Waals surface area contributed by atoms with E-state index in [1.807, 2.05) is 0 Å². The molecule has 1 fully saturated rings. The lowest BCUT2D eigenvalue weighted by Gasteiger charge is -2.32. The molecule has 1 aromatic carbocycles. The van der Waals surface area contributed by atoms with E-state index in [9.17, 15) is 18.0 Å². The molecule has 0 saturated carbocycles. The number of ether oxygens (including phenoxy) is 1. The highest BCUT2D eigenvalue weighted by molar-refractivity contribution is 5.86. The first-order chi connectivity index (χ1) is 14.3. The largest absolute Gasteiger partial charge is 0.490 e. The zero-order chi connectivity index (χ0) is 21.3. The molecule has 0 amide bonds. The SMILES string of the molecule is Cn1c(CN2CCC(Oc3cccc4c3ccn4CC(F)(F)F)CC2)nccc1=O. The first-order valence-corrected chi connectivity index (χ1v) is 9.85. The summed E-state index contributed by atoms with van der Waals surface area (Å²) >= 11 is 0. The first-order valence-electron chi connectivity index (χ1n) is 9.85. The molecule has 0 unspecified atom stereocenters. The number of alkyl halides is 3. The van der Waals surface area contributed by atoms with Gasteiger partial charge >= 0.3 is 6.18 Å². The van der Waals surface area contributed by atoms with Crippen LogP contribution in [-0.4, -0.2) is 44.4 Å². The summed E-state index contributed by atoms with van der Waals surface area (Å²) in [5.74, 6) is 1.33. The molecule has 0 bridgehead atoms. The van der Waals surface area contributed by atoms with Gasteiger partial charge < -0.3 is 9.30 Å². The Morgan fingerprint density at radius 1 is 1.17 bits per heavy atom. The van der Waals surface area contributed by atoms with E-state index in [0.717, 1.165) is 31.8 Å². The third-order valence-corrected chi connectivity index (χ3v) is 5.47. The highest BCUT2D eigenvalue weighted by Gasteiger charge is 2.29. The number of rotatable bonds is 5. The van der Waals surface area contributed by atoms with E-state index >= 15 is 0 Å². The van der Waals surface area contributed by atoms with Crippen molar-refractivity contribution in [3.05, 3.63) is 58.9 Å². The van der Waals surface area contributed by atoms with Gasteiger partial charge in [-0.15, -0.1) is 0 Å². The maximum atomic E-state index is 12.8. The van der Waals surface area contributed by atoms with Crippen molar-refractivity contribution in [2.75, 3.05) is 13.1 Å². The summed E-state index contributed by atoms with van der Waals surface area (Å²) in [6.45, 7) is 1.16. The predicted octanol–water partition coefficient (Wildman–Crippen LogP) is 3.34. The van der Waals surface area contributed by atoms with Crippen LogP contribution in [0, 0.1) is 0 Å². The van der Waals surface area contributed by atoms with Gasteiger partial charge in [-0.05, 0) is 31.0 Å². The van der Waals surface area contributed by atoms with E-state index in [4.69, 9.17) is 4.74 Å². The fourth-order valence-electron chi connectivity index (χ4n) is 3.85. The molecule has 1 aliphatic rings. The normalized spacial score (nSPS) is 16.3. The van der Waals surface area contributed by atoms with Crippen molar-refractivity contribution >= 4 is 10.9 Å². The van der Waals surface area contributed by atoms with Gasteiger partial charge in [-0.3, -0.25) is 14.3 Å². The zero-order valence-electron chi connectivity index (χ0n) is 16.6. The standard InChI is InChI=1S/C21H23F3N4O2/c1-26-19(25-9-5-20(26)29)13-27-10-6-15(7-11-27)30-18-4-2-3-17-16(18)8-12-28(17)14-21(22,23)24/h2-5,8-9,12,15H,6-7,10-11,13-14H2,1H3. The summed E-state index contributed by atoms with van der Waals surface area (Å²) in [4.78, 5) is 18.3. The summed E-state index contributed by atoms with van der Waals surface area (Å²) in [7, 11) is 1.71. The van der Waals surface area contributed by atoms with E-state index < -0.39 is 12.7 Å².